The zero-order valence-corrected chi connectivity index (χ0v) is 10.2. The molecule has 0 bridgehead atoms. The van der Waals surface area contributed by atoms with E-state index >= 15 is 0 Å². The molecule has 0 atom stereocenters. The van der Waals surface area contributed by atoms with Crippen LogP contribution < -0.4 is 10.9 Å². The van der Waals surface area contributed by atoms with E-state index in [1.807, 2.05) is 0 Å². The van der Waals surface area contributed by atoms with Gasteiger partial charge in [-0.15, -0.1) is 0 Å². The number of pyridine rings is 1. The molecular formula is C12H18N2O3. The fourth-order valence-corrected chi connectivity index (χ4v) is 1.44. The van der Waals surface area contributed by atoms with Gasteiger partial charge in [-0.05, 0) is 19.4 Å². The van der Waals surface area contributed by atoms with Crippen molar-refractivity contribution in [2.45, 2.75) is 19.9 Å². The Morgan fingerprint density at radius 2 is 2.29 bits per heavy atom. The van der Waals surface area contributed by atoms with Gasteiger partial charge in [-0.3, -0.25) is 9.59 Å². The molecule has 0 aliphatic carbocycles. The third kappa shape index (κ3) is 4.40. The molecule has 1 aromatic heterocycles. The molecule has 1 rings (SSSR count). The number of nitrogens with zero attached hydrogens (tertiary/aromatic N) is 1. The molecule has 1 heterocycles. The van der Waals surface area contributed by atoms with E-state index in [2.05, 4.69) is 5.32 Å². The van der Waals surface area contributed by atoms with Crippen LogP contribution in [0.15, 0.2) is 23.1 Å². The summed E-state index contributed by atoms with van der Waals surface area (Å²) in [5.41, 5.74) is 0.513. The molecule has 0 saturated heterocycles. The highest BCUT2D eigenvalue weighted by molar-refractivity contribution is 5.75. The highest BCUT2D eigenvalue weighted by Gasteiger charge is 2.04. The summed E-state index contributed by atoms with van der Waals surface area (Å²) in [7, 11) is 1.62. The minimum absolute atomic E-state index is 0.0630. The molecule has 0 saturated carbocycles. The van der Waals surface area contributed by atoms with Gasteiger partial charge in [-0.2, -0.15) is 0 Å². The van der Waals surface area contributed by atoms with Gasteiger partial charge < -0.3 is 14.6 Å². The second-order valence-electron chi connectivity index (χ2n) is 3.82. The Morgan fingerprint density at radius 1 is 1.53 bits per heavy atom. The van der Waals surface area contributed by atoms with Crippen molar-refractivity contribution in [2.75, 3.05) is 20.3 Å². The van der Waals surface area contributed by atoms with Crippen LogP contribution in [0.5, 0.6) is 0 Å². The van der Waals surface area contributed by atoms with Gasteiger partial charge in [0, 0.05) is 32.0 Å². The van der Waals surface area contributed by atoms with E-state index in [0.29, 0.717) is 18.7 Å². The number of aryl methyl sites for hydroxylation is 1. The number of hydrogen-bond donors (Lipinski definition) is 1. The molecule has 0 aliphatic rings. The van der Waals surface area contributed by atoms with Gasteiger partial charge >= 0.3 is 0 Å². The number of nitrogens with one attached hydrogen (secondary N) is 1. The number of methoxy groups -OCH3 is 1. The van der Waals surface area contributed by atoms with E-state index in [4.69, 9.17) is 4.74 Å². The minimum Gasteiger partial charge on any atom is -0.385 e. The highest BCUT2D eigenvalue weighted by atomic mass is 16.5. The summed E-state index contributed by atoms with van der Waals surface area (Å²) in [6.07, 6.45) is 2.38. The van der Waals surface area contributed by atoms with Gasteiger partial charge in [0.05, 0.1) is 0 Å². The number of aromatic nitrogens is 1. The van der Waals surface area contributed by atoms with Crippen LogP contribution in [0.3, 0.4) is 0 Å². The lowest BCUT2D eigenvalue weighted by atomic mass is 10.3. The van der Waals surface area contributed by atoms with Crippen LogP contribution in [0.1, 0.15) is 12.0 Å². The maximum Gasteiger partial charge on any atom is 0.253 e. The first-order valence-electron chi connectivity index (χ1n) is 5.57. The molecule has 1 aromatic rings. The Bertz CT molecular complexity index is 426. The van der Waals surface area contributed by atoms with E-state index in [-0.39, 0.29) is 18.0 Å². The SMILES string of the molecule is COCCCNC(=O)Cn1cccc(C)c1=O. The first-order valence-corrected chi connectivity index (χ1v) is 5.57. The number of carbonyl (C=O) groups is 1. The van der Waals surface area contributed by atoms with Crippen molar-refractivity contribution in [1.29, 1.82) is 0 Å². The lowest BCUT2D eigenvalue weighted by molar-refractivity contribution is -0.121. The molecule has 0 aromatic carbocycles. The van der Waals surface area contributed by atoms with Crippen molar-refractivity contribution in [3.8, 4) is 0 Å². The molecule has 0 unspecified atom stereocenters. The normalized spacial score (nSPS) is 10.2. The second-order valence-corrected chi connectivity index (χ2v) is 3.82. The fourth-order valence-electron chi connectivity index (χ4n) is 1.44. The van der Waals surface area contributed by atoms with Crippen molar-refractivity contribution in [1.82, 2.24) is 9.88 Å². The van der Waals surface area contributed by atoms with Crippen LogP contribution in [0.2, 0.25) is 0 Å². The Hall–Kier alpha value is -1.62. The van der Waals surface area contributed by atoms with E-state index in [9.17, 15) is 9.59 Å². The standard InChI is InChI=1S/C12H18N2O3/c1-10-5-3-7-14(12(10)16)9-11(15)13-6-4-8-17-2/h3,5,7H,4,6,8-9H2,1-2H3,(H,13,15). The Balaban J connectivity index is 2.46. The molecule has 0 radical (unpaired) electrons. The summed E-state index contributed by atoms with van der Waals surface area (Å²) in [4.78, 5) is 23.2. The van der Waals surface area contributed by atoms with E-state index in [1.54, 1.807) is 32.4 Å². The fraction of sp³-hybridized carbons (Fsp3) is 0.500. The highest BCUT2D eigenvalue weighted by Crippen LogP contribution is 1.89. The second kappa shape index (κ2) is 6.85. The van der Waals surface area contributed by atoms with E-state index in [1.165, 1.54) is 4.57 Å². The van der Waals surface area contributed by atoms with Crippen LogP contribution in [0, 0.1) is 6.92 Å². The van der Waals surface area contributed by atoms with Crippen molar-refractivity contribution in [2.24, 2.45) is 0 Å². The predicted molar refractivity (Wildman–Crippen MR) is 64.9 cm³/mol. The Kier molecular flexibility index (Phi) is 5.42. The number of amides is 1. The molecule has 94 valence electrons. The van der Waals surface area contributed by atoms with Gasteiger partial charge in [0.1, 0.15) is 6.54 Å². The van der Waals surface area contributed by atoms with Crippen LogP contribution in [0.25, 0.3) is 0 Å². The molecule has 1 amide bonds. The monoisotopic (exact) mass is 238 g/mol. The zero-order valence-electron chi connectivity index (χ0n) is 10.2. The molecule has 0 fully saturated rings. The molecule has 1 N–H and O–H groups in total. The lowest BCUT2D eigenvalue weighted by Crippen LogP contribution is -2.33. The topological polar surface area (TPSA) is 60.3 Å². The third-order valence-electron chi connectivity index (χ3n) is 2.37. The van der Waals surface area contributed by atoms with Crippen molar-refractivity contribution in [3.63, 3.8) is 0 Å². The summed E-state index contributed by atoms with van der Waals surface area (Å²) in [6, 6.07) is 3.49. The van der Waals surface area contributed by atoms with Gasteiger partial charge in [0.2, 0.25) is 5.91 Å². The molecule has 0 aliphatic heterocycles. The summed E-state index contributed by atoms with van der Waals surface area (Å²) < 4.78 is 6.27. The first-order chi connectivity index (χ1) is 8.15. The summed E-state index contributed by atoms with van der Waals surface area (Å²) in [5.74, 6) is -0.159. The Morgan fingerprint density at radius 3 is 3.00 bits per heavy atom. The molecule has 0 spiro atoms. The van der Waals surface area contributed by atoms with Crippen molar-refractivity contribution >= 4 is 5.91 Å². The van der Waals surface area contributed by atoms with Crippen LogP contribution in [-0.4, -0.2) is 30.7 Å². The average Bonchev–Trinajstić information content (AvgIpc) is 2.31. The summed E-state index contributed by atoms with van der Waals surface area (Å²) >= 11 is 0. The zero-order chi connectivity index (χ0) is 12.7. The number of ether oxygens (including phenoxy) is 1. The molecule has 5 heteroatoms. The van der Waals surface area contributed by atoms with Crippen LogP contribution >= 0.6 is 0 Å². The van der Waals surface area contributed by atoms with Crippen LogP contribution in [-0.2, 0) is 16.1 Å². The lowest BCUT2D eigenvalue weighted by Gasteiger charge is -2.07. The van der Waals surface area contributed by atoms with Crippen molar-refractivity contribution < 1.29 is 9.53 Å². The predicted octanol–water partition coefficient (Wildman–Crippen LogP) is 0.309. The Labute approximate surface area is 100 Å². The third-order valence-corrected chi connectivity index (χ3v) is 2.37. The molecular weight excluding hydrogens is 220 g/mol. The van der Waals surface area contributed by atoms with Gasteiger partial charge in [0.15, 0.2) is 0 Å². The van der Waals surface area contributed by atoms with E-state index in [0.717, 1.165) is 6.42 Å². The summed E-state index contributed by atoms with van der Waals surface area (Å²) in [5, 5.41) is 2.73. The summed E-state index contributed by atoms with van der Waals surface area (Å²) in [6.45, 7) is 2.97. The van der Waals surface area contributed by atoms with Crippen molar-refractivity contribution in [3.05, 3.63) is 34.2 Å². The number of rotatable bonds is 6. The minimum atomic E-state index is -0.159. The van der Waals surface area contributed by atoms with Gasteiger partial charge in [0.25, 0.3) is 5.56 Å². The van der Waals surface area contributed by atoms with Gasteiger partial charge in [-0.1, -0.05) is 6.07 Å². The average molecular weight is 238 g/mol. The van der Waals surface area contributed by atoms with Crippen LogP contribution in [0.4, 0.5) is 0 Å². The molecule has 17 heavy (non-hydrogen) atoms. The van der Waals surface area contributed by atoms with Gasteiger partial charge in [-0.25, -0.2) is 0 Å². The molecule has 5 nitrogen and oxygen atoms in total. The number of carbonyl (C=O) groups excluding carboxylic acids is 1. The smallest absolute Gasteiger partial charge is 0.253 e. The quantitative estimate of drug-likeness (QED) is 0.726. The largest absolute Gasteiger partial charge is 0.385 e. The number of hydrogen-bond acceptors (Lipinski definition) is 3. The first kappa shape index (κ1) is 13.4. The van der Waals surface area contributed by atoms with E-state index < -0.39 is 0 Å². The maximum absolute atomic E-state index is 11.6. The maximum atomic E-state index is 11.6.